The van der Waals surface area contributed by atoms with Crippen LogP contribution in [0.25, 0.3) is 5.69 Å². The van der Waals surface area contributed by atoms with Crippen molar-refractivity contribution in [1.29, 1.82) is 0 Å². The van der Waals surface area contributed by atoms with Crippen LogP contribution in [0.2, 0.25) is 0 Å². The number of hydrogen-bond donors (Lipinski definition) is 1. The number of benzene rings is 1. The molecule has 2 aromatic rings. The summed E-state index contributed by atoms with van der Waals surface area (Å²) in [5, 5.41) is 7.70. The van der Waals surface area contributed by atoms with Crippen molar-refractivity contribution in [2.75, 3.05) is 0 Å². The third-order valence-electron chi connectivity index (χ3n) is 2.56. The average molecular weight is 222 g/mol. The minimum Gasteiger partial charge on any atom is -0.307 e. The van der Waals surface area contributed by atoms with E-state index < -0.39 is 0 Å². The van der Waals surface area contributed by atoms with Gasteiger partial charge < -0.3 is 5.32 Å². The van der Waals surface area contributed by atoms with Gasteiger partial charge in [0.2, 0.25) is 0 Å². The van der Waals surface area contributed by atoms with E-state index in [9.17, 15) is 0 Å². The molecule has 15 heavy (non-hydrogen) atoms. The summed E-state index contributed by atoms with van der Waals surface area (Å²) in [6.45, 7) is 1.87. The number of aromatic nitrogens is 2. The lowest BCUT2D eigenvalue weighted by Crippen LogP contribution is -2.06. The molecule has 0 atom stereocenters. The van der Waals surface area contributed by atoms with Crippen molar-refractivity contribution in [1.82, 2.24) is 15.1 Å². The summed E-state index contributed by atoms with van der Waals surface area (Å²) in [5.74, 6) is 0. The second-order valence-electron chi connectivity index (χ2n) is 3.47. The van der Waals surface area contributed by atoms with E-state index >= 15 is 0 Å². The monoisotopic (exact) mass is 221 g/mol. The molecule has 1 N–H and O–H groups in total. The van der Waals surface area contributed by atoms with E-state index in [2.05, 4.69) is 22.5 Å². The van der Waals surface area contributed by atoms with E-state index in [0.717, 1.165) is 18.8 Å². The first-order valence-electron chi connectivity index (χ1n) is 4.77. The standard InChI is InChI=1S/C11H11N3.ClH/c1-2-4-10(5-3-1)14-11-8-12-6-9(11)7-13-14;/h1-5,7,12H,6,8H2;1H. The zero-order chi connectivity index (χ0) is 9.38. The molecular formula is C11H12ClN3. The Morgan fingerprint density at radius 1 is 1.13 bits per heavy atom. The van der Waals surface area contributed by atoms with Gasteiger partial charge in [-0.1, -0.05) is 18.2 Å². The third-order valence-corrected chi connectivity index (χ3v) is 2.56. The number of fused-ring (bicyclic) bond motifs is 1. The lowest BCUT2D eigenvalue weighted by Gasteiger charge is -2.04. The van der Waals surface area contributed by atoms with E-state index in [-0.39, 0.29) is 12.4 Å². The lowest BCUT2D eigenvalue weighted by molar-refractivity contribution is 0.711. The van der Waals surface area contributed by atoms with Gasteiger partial charge >= 0.3 is 0 Å². The highest BCUT2D eigenvalue weighted by Gasteiger charge is 2.16. The second kappa shape index (κ2) is 4.04. The molecule has 1 aromatic carbocycles. The number of nitrogens with one attached hydrogen (secondary N) is 1. The van der Waals surface area contributed by atoms with E-state index in [4.69, 9.17) is 0 Å². The summed E-state index contributed by atoms with van der Waals surface area (Å²) < 4.78 is 2.01. The van der Waals surface area contributed by atoms with Gasteiger partial charge in [-0.15, -0.1) is 12.4 Å². The Morgan fingerprint density at radius 3 is 2.73 bits per heavy atom. The van der Waals surface area contributed by atoms with Crippen LogP contribution >= 0.6 is 12.4 Å². The first-order chi connectivity index (χ1) is 6.95. The van der Waals surface area contributed by atoms with E-state index in [1.54, 1.807) is 0 Å². The molecule has 0 radical (unpaired) electrons. The van der Waals surface area contributed by atoms with Crippen LogP contribution in [0.4, 0.5) is 0 Å². The fraction of sp³-hybridized carbons (Fsp3) is 0.182. The first kappa shape index (κ1) is 10.2. The van der Waals surface area contributed by atoms with Crippen molar-refractivity contribution >= 4 is 12.4 Å². The van der Waals surface area contributed by atoms with E-state index in [0.29, 0.717) is 0 Å². The molecule has 0 aliphatic carbocycles. The number of hydrogen-bond acceptors (Lipinski definition) is 2. The van der Waals surface area contributed by atoms with Crippen LogP contribution in [-0.4, -0.2) is 9.78 Å². The molecule has 0 amide bonds. The Hall–Kier alpha value is -1.32. The van der Waals surface area contributed by atoms with Gasteiger partial charge in [-0.25, -0.2) is 4.68 Å². The van der Waals surface area contributed by atoms with Gasteiger partial charge in [-0.05, 0) is 12.1 Å². The number of para-hydroxylation sites is 1. The molecule has 1 aliphatic heterocycles. The van der Waals surface area contributed by atoms with Gasteiger partial charge in [-0.3, -0.25) is 0 Å². The largest absolute Gasteiger partial charge is 0.307 e. The molecule has 2 heterocycles. The predicted octanol–water partition coefficient (Wildman–Crippen LogP) is 1.90. The van der Waals surface area contributed by atoms with Crippen LogP contribution in [0.3, 0.4) is 0 Å². The quantitative estimate of drug-likeness (QED) is 0.797. The van der Waals surface area contributed by atoms with Crippen molar-refractivity contribution < 1.29 is 0 Å². The van der Waals surface area contributed by atoms with Crippen molar-refractivity contribution in [3.63, 3.8) is 0 Å². The molecular weight excluding hydrogens is 210 g/mol. The molecule has 0 spiro atoms. The molecule has 78 valence electrons. The molecule has 3 rings (SSSR count). The molecule has 3 nitrogen and oxygen atoms in total. The van der Waals surface area contributed by atoms with Crippen LogP contribution < -0.4 is 5.32 Å². The van der Waals surface area contributed by atoms with Crippen molar-refractivity contribution in [3.05, 3.63) is 47.8 Å². The molecule has 4 heteroatoms. The minimum absolute atomic E-state index is 0. The van der Waals surface area contributed by atoms with Crippen LogP contribution in [0.15, 0.2) is 36.5 Å². The zero-order valence-corrected chi connectivity index (χ0v) is 9.00. The lowest BCUT2D eigenvalue weighted by atomic mass is 10.3. The van der Waals surface area contributed by atoms with Gasteiger partial charge in [0.15, 0.2) is 0 Å². The maximum Gasteiger partial charge on any atom is 0.0649 e. The van der Waals surface area contributed by atoms with Crippen LogP contribution in [0, 0.1) is 0 Å². The molecule has 1 aliphatic rings. The van der Waals surface area contributed by atoms with Gasteiger partial charge in [0.05, 0.1) is 17.6 Å². The van der Waals surface area contributed by atoms with Crippen LogP contribution in [0.1, 0.15) is 11.3 Å². The number of nitrogens with zero attached hydrogens (tertiary/aromatic N) is 2. The summed E-state index contributed by atoms with van der Waals surface area (Å²) in [4.78, 5) is 0. The maximum atomic E-state index is 4.38. The Morgan fingerprint density at radius 2 is 1.93 bits per heavy atom. The van der Waals surface area contributed by atoms with Crippen molar-refractivity contribution in [3.8, 4) is 5.69 Å². The first-order valence-corrected chi connectivity index (χ1v) is 4.77. The van der Waals surface area contributed by atoms with Gasteiger partial charge in [0.25, 0.3) is 0 Å². The molecule has 0 saturated carbocycles. The average Bonchev–Trinajstić information content (AvgIpc) is 2.79. The number of rotatable bonds is 1. The Balaban J connectivity index is 0.000000853. The van der Waals surface area contributed by atoms with E-state index in [1.807, 2.05) is 29.1 Å². The SMILES string of the molecule is Cl.c1ccc(-n2ncc3c2CNC3)cc1. The highest BCUT2D eigenvalue weighted by Crippen LogP contribution is 2.18. The molecule has 1 aromatic heterocycles. The maximum absolute atomic E-state index is 4.38. The molecule has 0 unspecified atom stereocenters. The third kappa shape index (κ3) is 1.64. The van der Waals surface area contributed by atoms with Crippen molar-refractivity contribution in [2.24, 2.45) is 0 Å². The normalized spacial score (nSPS) is 13.3. The van der Waals surface area contributed by atoms with Gasteiger partial charge in [0, 0.05) is 18.7 Å². The second-order valence-corrected chi connectivity index (χ2v) is 3.47. The minimum atomic E-state index is 0. The number of halogens is 1. The molecule has 0 bridgehead atoms. The summed E-state index contributed by atoms with van der Waals surface area (Å²) >= 11 is 0. The summed E-state index contributed by atoms with van der Waals surface area (Å²) in [5.41, 5.74) is 3.74. The summed E-state index contributed by atoms with van der Waals surface area (Å²) in [6, 6.07) is 10.2. The fourth-order valence-electron chi connectivity index (χ4n) is 1.85. The Kier molecular flexibility index (Phi) is 2.75. The Bertz CT molecular complexity index is 450. The summed E-state index contributed by atoms with van der Waals surface area (Å²) in [6.07, 6.45) is 1.95. The zero-order valence-electron chi connectivity index (χ0n) is 8.18. The molecule has 0 fully saturated rings. The summed E-state index contributed by atoms with van der Waals surface area (Å²) in [7, 11) is 0. The topological polar surface area (TPSA) is 29.9 Å². The highest BCUT2D eigenvalue weighted by atomic mass is 35.5. The van der Waals surface area contributed by atoms with E-state index in [1.165, 1.54) is 11.3 Å². The smallest absolute Gasteiger partial charge is 0.0649 e. The highest BCUT2D eigenvalue weighted by molar-refractivity contribution is 5.85. The predicted molar refractivity (Wildman–Crippen MR) is 61.4 cm³/mol. The Labute approximate surface area is 94.5 Å². The fourth-order valence-corrected chi connectivity index (χ4v) is 1.85. The van der Waals surface area contributed by atoms with Crippen LogP contribution in [0.5, 0.6) is 0 Å². The van der Waals surface area contributed by atoms with Crippen LogP contribution in [-0.2, 0) is 13.1 Å². The molecule has 0 saturated heterocycles. The van der Waals surface area contributed by atoms with Crippen molar-refractivity contribution in [2.45, 2.75) is 13.1 Å². The van der Waals surface area contributed by atoms with Gasteiger partial charge in [0.1, 0.15) is 0 Å². The van der Waals surface area contributed by atoms with Gasteiger partial charge in [-0.2, -0.15) is 5.10 Å².